The summed E-state index contributed by atoms with van der Waals surface area (Å²) in [4.78, 5) is 11.6. The summed E-state index contributed by atoms with van der Waals surface area (Å²) in [5.74, 6) is 0.497. The molecule has 0 radical (unpaired) electrons. The van der Waals surface area contributed by atoms with Gasteiger partial charge in [-0.25, -0.2) is 0 Å². The number of ether oxygens (including phenoxy) is 1. The van der Waals surface area contributed by atoms with Crippen LogP contribution in [0.4, 0.5) is 0 Å². The highest BCUT2D eigenvalue weighted by Gasteiger charge is 2.14. The standard InChI is InChI=1S/C14H21NO3/c1-14(2,3)15-13(17)10-18-12-7-5-4-6-11(12)8-9-16/h4-7,16H,8-10H2,1-3H3,(H,15,17). The molecular formula is C14H21NO3. The molecule has 0 aliphatic carbocycles. The lowest BCUT2D eigenvalue weighted by atomic mass is 10.1. The number of amides is 1. The Morgan fingerprint density at radius 2 is 2.00 bits per heavy atom. The van der Waals surface area contributed by atoms with E-state index >= 15 is 0 Å². The monoisotopic (exact) mass is 251 g/mol. The van der Waals surface area contributed by atoms with Crippen LogP contribution in [0.2, 0.25) is 0 Å². The van der Waals surface area contributed by atoms with Gasteiger partial charge in [0.1, 0.15) is 5.75 Å². The third kappa shape index (κ3) is 5.19. The molecule has 0 aromatic heterocycles. The van der Waals surface area contributed by atoms with Crippen LogP contribution in [0.5, 0.6) is 5.75 Å². The average Bonchev–Trinajstić information content (AvgIpc) is 2.26. The van der Waals surface area contributed by atoms with E-state index in [9.17, 15) is 4.79 Å². The normalized spacial score (nSPS) is 11.1. The molecule has 0 aliphatic heterocycles. The first-order chi connectivity index (χ1) is 8.42. The molecule has 0 heterocycles. The number of hydrogen-bond donors (Lipinski definition) is 2. The van der Waals surface area contributed by atoms with Gasteiger partial charge in [0.2, 0.25) is 0 Å². The van der Waals surface area contributed by atoms with Gasteiger partial charge >= 0.3 is 0 Å². The first-order valence-corrected chi connectivity index (χ1v) is 6.05. The van der Waals surface area contributed by atoms with Crippen molar-refractivity contribution in [2.24, 2.45) is 0 Å². The summed E-state index contributed by atoms with van der Waals surface area (Å²) >= 11 is 0. The molecular weight excluding hydrogens is 230 g/mol. The lowest BCUT2D eigenvalue weighted by Gasteiger charge is -2.20. The quantitative estimate of drug-likeness (QED) is 0.834. The first kappa shape index (κ1) is 14.5. The maximum atomic E-state index is 11.6. The van der Waals surface area contributed by atoms with Crippen LogP contribution in [0.15, 0.2) is 24.3 Å². The zero-order valence-electron chi connectivity index (χ0n) is 11.2. The van der Waals surface area contributed by atoms with Crippen molar-refractivity contribution in [2.45, 2.75) is 32.7 Å². The SMILES string of the molecule is CC(C)(C)NC(=O)COc1ccccc1CCO. The highest BCUT2D eigenvalue weighted by molar-refractivity contribution is 5.78. The highest BCUT2D eigenvalue weighted by atomic mass is 16.5. The van der Waals surface area contributed by atoms with Crippen LogP contribution in [0.25, 0.3) is 0 Å². The van der Waals surface area contributed by atoms with E-state index in [1.807, 2.05) is 39.0 Å². The van der Waals surface area contributed by atoms with Gasteiger partial charge in [0.15, 0.2) is 6.61 Å². The number of carbonyl (C=O) groups is 1. The Hall–Kier alpha value is -1.55. The smallest absolute Gasteiger partial charge is 0.258 e. The van der Waals surface area contributed by atoms with E-state index in [2.05, 4.69) is 5.32 Å². The van der Waals surface area contributed by atoms with E-state index in [0.717, 1.165) is 5.56 Å². The Morgan fingerprint density at radius 1 is 1.33 bits per heavy atom. The largest absolute Gasteiger partial charge is 0.483 e. The van der Waals surface area contributed by atoms with Gasteiger partial charge in [-0.2, -0.15) is 0 Å². The number of hydrogen-bond acceptors (Lipinski definition) is 3. The maximum absolute atomic E-state index is 11.6. The first-order valence-electron chi connectivity index (χ1n) is 6.05. The van der Waals surface area contributed by atoms with Crippen molar-refractivity contribution >= 4 is 5.91 Å². The summed E-state index contributed by atoms with van der Waals surface area (Å²) in [6.45, 7) is 5.81. The van der Waals surface area contributed by atoms with Crippen LogP contribution in [0, 0.1) is 0 Å². The maximum Gasteiger partial charge on any atom is 0.258 e. The molecule has 0 fully saturated rings. The van der Waals surface area contributed by atoms with E-state index in [4.69, 9.17) is 9.84 Å². The molecule has 1 amide bonds. The Labute approximate surface area is 108 Å². The molecule has 0 atom stereocenters. The van der Waals surface area contributed by atoms with E-state index in [1.165, 1.54) is 0 Å². The third-order valence-corrected chi connectivity index (χ3v) is 2.23. The van der Waals surface area contributed by atoms with E-state index < -0.39 is 0 Å². The molecule has 100 valence electrons. The van der Waals surface area contributed by atoms with Crippen LogP contribution in [0.3, 0.4) is 0 Å². The van der Waals surface area contributed by atoms with Gasteiger partial charge in [0, 0.05) is 12.1 Å². The molecule has 0 unspecified atom stereocenters. The van der Waals surface area contributed by atoms with Crippen molar-refractivity contribution in [1.82, 2.24) is 5.32 Å². The fraction of sp³-hybridized carbons (Fsp3) is 0.500. The van der Waals surface area contributed by atoms with E-state index in [0.29, 0.717) is 12.2 Å². The van der Waals surface area contributed by atoms with Crippen molar-refractivity contribution in [3.05, 3.63) is 29.8 Å². The predicted octanol–water partition coefficient (Wildman–Crippen LogP) is 1.51. The van der Waals surface area contributed by atoms with Crippen molar-refractivity contribution in [1.29, 1.82) is 0 Å². The average molecular weight is 251 g/mol. The van der Waals surface area contributed by atoms with Crippen molar-refractivity contribution in [2.75, 3.05) is 13.2 Å². The second-order valence-electron chi connectivity index (χ2n) is 5.17. The molecule has 0 aliphatic rings. The van der Waals surface area contributed by atoms with Crippen LogP contribution in [-0.2, 0) is 11.2 Å². The Morgan fingerprint density at radius 3 is 2.61 bits per heavy atom. The van der Waals surface area contributed by atoms with Gasteiger partial charge in [-0.15, -0.1) is 0 Å². The Balaban J connectivity index is 2.55. The fourth-order valence-electron chi connectivity index (χ4n) is 1.57. The topological polar surface area (TPSA) is 58.6 Å². The number of rotatable bonds is 5. The molecule has 0 saturated carbocycles. The van der Waals surface area contributed by atoms with Crippen LogP contribution in [0.1, 0.15) is 26.3 Å². The summed E-state index contributed by atoms with van der Waals surface area (Å²) in [5, 5.41) is 11.8. The van der Waals surface area contributed by atoms with Crippen LogP contribution in [-0.4, -0.2) is 29.8 Å². The lowest BCUT2D eigenvalue weighted by molar-refractivity contribution is -0.124. The molecule has 1 aromatic rings. The Bertz CT molecular complexity index is 396. The zero-order chi connectivity index (χ0) is 13.6. The number of para-hydroxylation sites is 1. The van der Waals surface area contributed by atoms with Gasteiger partial charge in [-0.3, -0.25) is 4.79 Å². The van der Waals surface area contributed by atoms with Crippen molar-refractivity contribution < 1.29 is 14.6 Å². The molecule has 0 saturated heterocycles. The predicted molar refractivity (Wildman–Crippen MR) is 70.6 cm³/mol. The van der Waals surface area contributed by atoms with E-state index in [-0.39, 0.29) is 24.7 Å². The number of nitrogens with one attached hydrogen (secondary N) is 1. The molecule has 18 heavy (non-hydrogen) atoms. The van der Waals surface area contributed by atoms with Crippen molar-refractivity contribution in [3.8, 4) is 5.75 Å². The molecule has 4 heteroatoms. The summed E-state index contributed by atoms with van der Waals surface area (Å²) in [5.41, 5.74) is 0.647. The minimum absolute atomic E-state index is 0.0142. The van der Waals surface area contributed by atoms with Gasteiger partial charge < -0.3 is 15.2 Å². The van der Waals surface area contributed by atoms with E-state index in [1.54, 1.807) is 6.07 Å². The number of carbonyl (C=O) groups excluding carboxylic acids is 1. The molecule has 4 nitrogen and oxygen atoms in total. The second kappa shape index (κ2) is 6.40. The summed E-state index contributed by atoms with van der Waals surface area (Å²) < 4.78 is 5.47. The fourth-order valence-corrected chi connectivity index (χ4v) is 1.57. The summed E-state index contributed by atoms with van der Waals surface area (Å²) in [6.07, 6.45) is 0.525. The molecule has 0 bridgehead atoms. The van der Waals surface area contributed by atoms with Gasteiger partial charge in [-0.1, -0.05) is 18.2 Å². The highest BCUT2D eigenvalue weighted by Crippen LogP contribution is 2.18. The number of benzene rings is 1. The lowest BCUT2D eigenvalue weighted by Crippen LogP contribution is -2.43. The summed E-state index contributed by atoms with van der Waals surface area (Å²) in [7, 11) is 0. The zero-order valence-corrected chi connectivity index (χ0v) is 11.2. The minimum atomic E-state index is -0.259. The molecule has 1 aromatic carbocycles. The Kier molecular flexibility index (Phi) is 5.16. The second-order valence-corrected chi connectivity index (χ2v) is 5.17. The van der Waals surface area contributed by atoms with Gasteiger partial charge in [0.25, 0.3) is 5.91 Å². The van der Waals surface area contributed by atoms with Gasteiger partial charge in [-0.05, 0) is 38.8 Å². The molecule has 1 rings (SSSR count). The number of aliphatic hydroxyl groups is 1. The third-order valence-electron chi connectivity index (χ3n) is 2.23. The minimum Gasteiger partial charge on any atom is -0.483 e. The van der Waals surface area contributed by atoms with Crippen molar-refractivity contribution in [3.63, 3.8) is 0 Å². The van der Waals surface area contributed by atoms with Gasteiger partial charge in [0.05, 0.1) is 0 Å². The number of aliphatic hydroxyl groups excluding tert-OH is 1. The molecule has 2 N–H and O–H groups in total. The van der Waals surface area contributed by atoms with Crippen LogP contribution < -0.4 is 10.1 Å². The summed E-state index contributed by atoms with van der Waals surface area (Å²) in [6, 6.07) is 7.41. The molecule has 0 spiro atoms. The van der Waals surface area contributed by atoms with Crippen LogP contribution >= 0.6 is 0 Å².